The standard InChI is InChI=1S/C20H22F2N4O/c1-24-19(27)26-20(10-5-11-23,14-6-3-2-4-7-14)13-18(25-26)16-12-15(21)8-9-17(16)22/h2-4,6-9,12H,5,10-11,13,23H2,1H3,(H,24,27). The molecule has 1 unspecified atom stereocenters. The summed E-state index contributed by atoms with van der Waals surface area (Å²) in [7, 11) is 1.51. The van der Waals surface area contributed by atoms with Gasteiger partial charge in [0.25, 0.3) is 0 Å². The van der Waals surface area contributed by atoms with E-state index >= 15 is 0 Å². The predicted molar refractivity (Wildman–Crippen MR) is 100 cm³/mol. The maximum Gasteiger partial charge on any atom is 0.338 e. The van der Waals surface area contributed by atoms with Gasteiger partial charge in [-0.25, -0.2) is 18.6 Å². The van der Waals surface area contributed by atoms with Crippen molar-refractivity contribution in [3.8, 4) is 0 Å². The van der Waals surface area contributed by atoms with Gasteiger partial charge in [-0.1, -0.05) is 30.3 Å². The molecule has 7 heteroatoms. The Balaban J connectivity index is 2.12. The summed E-state index contributed by atoms with van der Waals surface area (Å²) in [5.74, 6) is -1.13. The average molecular weight is 372 g/mol. The minimum absolute atomic E-state index is 0.0643. The van der Waals surface area contributed by atoms with E-state index in [4.69, 9.17) is 5.73 Å². The zero-order valence-corrected chi connectivity index (χ0v) is 15.1. The molecule has 3 N–H and O–H groups in total. The van der Waals surface area contributed by atoms with Crippen molar-refractivity contribution in [3.05, 3.63) is 71.3 Å². The van der Waals surface area contributed by atoms with Crippen LogP contribution in [0.25, 0.3) is 0 Å². The molecule has 3 rings (SSSR count). The summed E-state index contributed by atoms with van der Waals surface area (Å²) in [6.07, 6.45) is 1.46. The third-order valence-electron chi connectivity index (χ3n) is 4.84. The molecule has 0 saturated carbocycles. The van der Waals surface area contributed by atoms with Crippen LogP contribution in [0.2, 0.25) is 0 Å². The van der Waals surface area contributed by atoms with Crippen molar-refractivity contribution in [3.63, 3.8) is 0 Å². The van der Waals surface area contributed by atoms with Gasteiger partial charge in [0.15, 0.2) is 0 Å². The first-order valence-corrected chi connectivity index (χ1v) is 8.82. The largest absolute Gasteiger partial charge is 0.340 e. The molecule has 1 aliphatic heterocycles. The lowest BCUT2D eigenvalue weighted by atomic mass is 9.80. The first kappa shape index (κ1) is 19.0. The lowest BCUT2D eigenvalue weighted by molar-refractivity contribution is 0.124. The molecule has 0 aliphatic carbocycles. The van der Waals surface area contributed by atoms with E-state index in [1.807, 2.05) is 30.3 Å². The van der Waals surface area contributed by atoms with Crippen LogP contribution >= 0.6 is 0 Å². The molecule has 5 nitrogen and oxygen atoms in total. The van der Waals surface area contributed by atoms with Crippen molar-refractivity contribution in [2.45, 2.75) is 24.8 Å². The second-order valence-electron chi connectivity index (χ2n) is 6.50. The molecule has 0 bridgehead atoms. The molecule has 1 heterocycles. The summed E-state index contributed by atoms with van der Waals surface area (Å²) in [6, 6.07) is 12.3. The molecule has 142 valence electrons. The van der Waals surface area contributed by atoms with E-state index in [1.54, 1.807) is 0 Å². The summed E-state index contributed by atoms with van der Waals surface area (Å²) in [5, 5.41) is 8.34. The van der Waals surface area contributed by atoms with Gasteiger partial charge in [0, 0.05) is 19.0 Å². The van der Waals surface area contributed by atoms with E-state index in [2.05, 4.69) is 10.4 Å². The SMILES string of the molecule is CNC(=O)N1N=C(c2cc(F)ccc2F)CC1(CCCN)c1ccccc1. The molecule has 0 spiro atoms. The fourth-order valence-electron chi connectivity index (χ4n) is 3.52. The van der Waals surface area contributed by atoms with Gasteiger partial charge >= 0.3 is 6.03 Å². The number of nitrogens with zero attached hydrogens (tertiary/aromatic N) is 2. The van der Waals surface area contributed by atoms with Gasteiger partial charge in [-0.2, -0.15) is 5.10 Å². The summed E-state index contributed by atoms with van der Waals surface area (Å²) in [4.78, 5) is 12.6. The number of rotatable bonds is 5. The molecule has 2 aromatic carbocycles. The van der Waals surface area contributed by atoms with Crippen LogP contribution in [-0.4, -0.2) is 30.3 Å². The smallest absolute Gasteiger partial charge is 0.338 e. The van der Waals surface area contributed by atoms with Crippen molar-refractivity contribution in [2.24, 2.45) is 10.8 Å². The molecule has 0 saturated heterocycles. The Labute approximate surface area is 156 Å². The van der Waals surface area contributed by atoms with E-state index < -0.39 is 23.2 Å². The maximum absolute atomic E-state index is 14.4. The number of hydrogen-bond acceptors (Lipinski definition) is 3. The Hall–Kier alpha value is -2.80. The number of hydrogen-bond donors (Lipinski definition) is 2. The fourth-order valence-corrected chi connectivity index (χ4v) is 3.52. The van der Waals surface area contributed by atoms with Crippen molar-refractivity contribution in [2.75, 3.05) is 13.6 Å². The van der Waals surface area contributed by atoms with Crippen LogP contribution in [0.4, 0.5) is 13.6 Å². The number of benzene rings is 2. The maximum atomic E-state index is 14.4. The first-order chi connectivity index (χ1) is 13.0. The number of carbonyl (C=O) groups excluding carboxylic acids is 1. The van der Waals surface area contributed by atoms with Gasteiger partial charge < -0.3 is 11.1 Å². The zero-order chi connectivity index (χ0) is 19.4. The fraction of sp³-hybridized carbons (Fsp3) is 0.300. The molecular weight excluding hydrogens is 350 g/mol. The molecule has 0 aromatic heterocycles. The lowest BCUT2D eigenvalue weighted by Crippen LogP contribution is -2.47. The van der Waals surface area contributed by atoms with E-state index in [-0.39, 0.29) is 12.0 Å². The monoisotopic (exact) mass is 372 g/mol. The number of urea groups is 1. The summed E-state index contributed by atoms with van der Waals surface area (Å²) >= 11 is 0. The van der Waals surface area contributed by atoms with E-state index in [0.717, 1.165) is 23.8 Å². The molecular formula is C20H22F2N4O. The van der Waals surface area contributed by atoms with Gasteiger partial charge in [0.05, 0.1) is 11.3 Å². The normalized spacial score (nSPS) is 19.1. The Morgan fingerprint density at radius 3 is 2.67 bits per heavy atom. The van der Waals surface area contributed by atoms with Crippen LogP contribution in [0.15, 0.2) is 53.6 Å². The highest BCUT2D eigenvalue weighted by Crippen LogP contribution is 2.43. The minimum Gasteiger partial charge on any atom is -0.340 e. The Kier molecular flexibility index (Phi) is 5.51. The highest BCUT2D eigenvalue weighted by molar-refractivity contribution is 6.04. The Bertz CT molecular complexity index is 856. The van der Waals surface area contributed by atoms with Gasteiger partial charge in [-0.3, -0.25) is 0 Å². The summed E-state index contributed by atoms with van der Waals surface area (Å²) < 4.78 is 28.1. The highest BCUT2D eigenvalue weighted by Gasteiger charge is 2.47. The highest BCUT2D eigenvalue weighted by atomic mass is 19.1. The number of nitrogens with two attached hydrogens (primary N) is 1. The molecule has 2 amide bonds. The zero-order valence-electron chi connectivity index (χ0n) is 15.1. The van der Waals surface area contributed by atoms with Crippen molar-refractivity contribution < 1.29 is 13.6 Å². The van der Waals surface area contributed by atoms with Crippen LogP contribution < -0.4 is 11.1 Å². The Morgan fingerprint density at radius 1 is 1.26 bits per heavy atom. The second-order valence-corrected chi connectivity index (χ2v) is 6.50. The van der Waals surface area contributed by atoms with Crippen LogP contribution in [-0.2, 0) is 5.54 Å². The van der Waals surface area contributed by atoms with Crippen molar-refractivity contribution in [1.29, 1.82) is 0 Å². The molecule has 2 aromatic rings. The van der Waals surface area contributed by atoms with Crippen LogP contribution in [0.1, 0.15) is 30.4 Å². The van der Waals surface area contributed by atoms with Gasteiger partial charge in [0.2, 0.25) is 0 Å². The topological polar surface area (TPSA) is 70.7 Å². The Morgan fingerprint density at radius 2 is 2.00 bits per heavy atom. The van der Waals surface area contributed by atoms with E-state index in [0.29, 0.717) is 25.1 Å². The third-order valence-corrected chi connectivity index (χ3v) is 4.84. The lowest BCUT2D eigenvalue weighted by Gasteiger charge is -2.36. The van der Waals surface area contributed by atoms with Gasteiger partial charge in [0.1, 0.15) is 11.6 Å². The average Bonchev–Trinajstić information content (AvgIpc) is 3.09. The number of nitrogens with one attached hydrogen (secondary N) is 1. The third kappa shape index (κ3) is 3.55. The van der Waals surface area contributed by atoms with Crippen LogP contribution in [0, 0.1) is 11.6 Å². The molecule has 0 radical (unpaired) electrons. The second kappa shape index (κ2) is 7.84. The van der Waals surface area contributed by atoms with Crippen molar-refractivity contribution >= 4 is 11.7 Å². The van der Waals surface area contributed by atoms with E-state index in [1.165, 1.54) is 12.1 Å². The predicted octanol–water partition coefficient (Wildman–Crippen LogP) is 3.35. The van der Waals surface area contributed by atoms with Crippen molar-refractivity contribution in [1.82, 2.24) is 10.3 Å². The molecule has 0 fully saturated rings. The minimum atomic E-state index is -0.811. The summed E-state index contributed by atoms with van der Waals surface area (Å²) in [5.41, 5.74) is 6.18. The number of halogens is 2. The number of amides is 2. The summed E-state index contributed by atoms with van der Waals surface area (Å²) in [6.45, 7) is 0.444. The molecule has 1 atom stereocenters. The first-order valence-electron chi connectivity index (χ1n) is 8.82. The number of carbonyl (C=O) groups is 1. The number of hydrazone groups is 1. The van der Waals surface area contributed by atoms with Crippen LogP contribution in [0.5, 0.6) is 0 Å². The quantitative estimate of drug-likeness (QED) is 0.845. The van der Waals surface area contributed by atoms with Gasteiger partial charge in [-0.05, 0) is 43.1 Å². The van der Waals surface area contributed by atoms with Gasteiger partial charge in [-0.15, -0.1) is 0 Å². The van der Waals surface area contributed by atoms with Crippen LogP contribution in [0.3, 0.4) is 0 Å². The molecule has 1 aliphatic rings. The molecule has 27 heavy (non-hydrogen) atoms. The van der Waals surface area contributed by atoms with E-state index in [9.17, 15) is 13.6 Å².